The van der Waals surface area contributed by atoms with Crippen LogP contribution in [0.3, 0.4) is 0 Å². The van der Waals surface area contributed by atoms with Crippen LogP contribution in [0.4, 0.5) is 0 Å². The Balaban J connectivity index is 1.95. The summed E-state index contributed by atoms with van der Waals surface area (Å²) in [7, 11) is 0. The molecule has 0 aliphatic carbocycles. The van der Waals surface area contributed by atoms with Crippen molar-refractivity contribution in [1.29, 1.82) is 0 Å². The Labute approximate surface area is 122 Å². The summed E-state index contributed by atoms with van der Waals surface area (Å²) in [6.45, 7) is 3.87. The van der Waals surface area contributed by atoms with Gasteiger partial charge in [-0.05, 0) is 25.5 Å². The molecule has 1 aromatic heterocycles. The van der Waals surface area contributed by atoms with Crippen LogP contribution in [0.2, 0.25) is 0 Å². The molecule has 1 aliphatic rings. The molecule has 1 saturated heterocycles. The van der Waals surface area contributed by atoms with Gasteiger partial charge in [-0.2, -0.15) is 0 Å². The zero-order chi connectivity index (χ0) is 15.0. The highest BCUT2D eigenvalue weighted by molar-refractivity contribution is 5.81. The summed E-state index contributed by atoms with van der Waals surface area (Å²) in [5.41, 5.74) is 7.38. The summed E-state index contributed by atoms with van der Waals surface area (Å²) in [5.74, 6) is -0.0379. The number of rotatable bonds is 3. The van der Waals surface area contributed by atoms with Crippen molar-refractivity contribution in [3.63, 3.8) is 0 Å². The smallest absolute Gasteiger partial charge is 0.329 e. The van der Waals surface area contributed by atoms with Crippen molar-refractivity contribution in [2.45, 2.75) is 32.5 Å². The van der Waals surface area contributed by atoms with Crippen molar-refractivity contribution in [3.8, 4) is 0 Å². The van der Waals surface area contributed by atoms with E-state index in [0.717, 1.165) is 17.5 Å². The molecule has 6 heteroatoms. The van der Waals surface area contributed by atoms with Crippen molar-refractivity contribution in [3.05, 3.63) is 34.7 Å². The molecule has 21 heavy (non-hydrogen) atoms. The van der Waals surface area contributed by atoms with E-state index >= 15 is 0 Å². The summed E-state index contributed by atoms with van der Waals surface area (Å²) in [4.78, 5) is 26.6. The number of fused-ring (bicyclic) bond motifs is 1. The van der Waals surface area contributed by atoms with Gasteiger partial charge in [-0.15, -0.1) is 0 Å². The third-order valence-electron chi connectivity index (χ3n) is 4.11. The average Bonchev–Trinajstić information content (AvgIpc) is 3.02. The number of nitrogens with two attached hydrogens (primary N) is 1. The van der Waals surface area contributed by atoms with Crippen LogP contribution < -0.4 is 11.4 Å². The SMILES string of the molecule is CCn1c(=O)n(CC(=O)N2CC[C@@H](N)C2)c2ccccc21. The largest absolute Gasteiger partial charge is 0.340 e. The minimum atomic E-state index is -0.129. The molecule has 0 unspecified atom stereocenters. The number of amides is 1. The topological polar surface area (TPSA) is 73.3 Å². The molecule has 2 aromatic rings. The normalized spacial score (nSPS) is 18.6. The van der Waals surface area contributed by atoms with E-state index in [2.05, 4.69) is 0 Å². The second-order valence-electron chi connectivity index (χ2n) is 5.49. The van der Waals surface area contributed by atoms with Crippen LogP contribution in [0.1, 0.15) is 13.3 Å². The number of benzene rings is 1. The van der Waals surface area contributed by atoms with Crippen molar-refractivity contribution in [2.75, 3.05) is 13.1 Å². The standard InChI is InChI=1S/C15H20N4O2/c1-2-18-12-5-3-4-6-13(12)19(15(18)21)10-14(20)17-8-7-11(16)9-17/h3-6,11H,2,7-10,16H2,1H3/t11-/m1/s1. The van der Waals surface area contributed by atoms with E-state index in [1.807, 2.05) is 31.2 Å². The lowest BCUT2D eigenvalue weighted by Crippen LogP contribution is -2.36. The molecule has 112 valence electrons. The number of carbonyl (C=O) groups is 1. The fourth-order valence-corrected chi connectivity index (χ4v) is 2.98. The number of hydrogen-bond acceptors (Lipinski definition) is 3. The molecule has 1 aromatic carbocycles. The zero-order valence-electron chi connectivity index (χ0n) is 12.2. The average molecular weight is 288 g/mol. The Kier molecular flexibility index (Phi) is 3.55. The molecular weight excluding hydrogens is 268 g/mol. The molecular formula is C15H20N4O2. The van der Waals surface area contributed by atoms with Gasteiger partial charge in [-0.3, -0.25) is 13.9 Å². The van der Waals surface area contributed by atoms with Crippen LogP contribution in [-0.2, 0) is 17.9 Å². The maximum atomic E-state index is 12.5. The van der Waals surface area contributed by atoms with Gasteiger partial charge in [0.15, 0.2) is 0 Å². The number of likely N-dealkylation sites (tertiary alicyclic amines) is 1. The summed E-state index contributed by atoms with van der Waals surface area (Å²) >= 11 is 0. The van der Waals surface area contributed by atoms with Gasteiger partial charge in [-0.25, -0.2) is 4.79 Å². The second kappa shape index (κ2) is 5.37. The molecule has 0 spiro atoms. The van der Waals surface area contributed by atoms with Crippen molar-refractivity contribution >= 4 is 16.9 Å². The highest BCUT2D eigenvalue weighted by Gasteiger charge is 2.25. The lowest BCUT2D eigenvalue weighted by molar-refractivity contribution is -0.130. The van der Waals surface area contributed by atoms with Gasteiger partial charge in [0.2, 0.25) is 5.91 Å². The fourth-order valence-electron chi connectivity index (χ4n) is 2.98. The first kappa shape index (κ1) is 13.9. The quantitative estimate of drug-likeness (QED) is 0.887. The monoisotopic (exact) mass is 288 g/mol. The third-order valence-corrected chi connectivity index (χ3v) is 4.11. The van der Waals surface area contributed by atoms with Gasteiger partial charge in [-0.1, -0.05) is 12.1 Å². The predicted octanol–water partition coefficient (Wildman–Crippen LogP) is 0.383. The fraction of sp³-hybridized carbons (Fsp3) is 0.467. The highest BCUT2D eigenvalue weighted by Crippen LogP contribution is 2.14. The third kappa shape index (κ3) is 2.35. The number of aryl methyl sites for hydroxylation is 1. The first-order valence-electron chi connectivity index (χ1n) is 7.33. The lowest BCUT2D eigenvalue weighted by Gasteiger charge is -2.15. The molecule has 1 aliphatic heterocycles. The van der Waals surface area contributed by atoms with Gasteiger partial charge >= 0.3 is 5.69 Å². The van der Waals surface area contributed by atoms with Crippen LogP contribution in [0.5, 0.6) is 0 Å². The molecule has 1 amide bonds. The van der Waals surface area contributed by atoms with Gasteiger partial charge in [0.25, 0.3) is 0 Å². The summed E-state index contributed by atoms with van der Waals surface area (Å²) in [6, 6.07) is 7.63. The zero-order valence-corrected chi connectivity index (χ0v) is 12.2. The Morgan fingerprint density at radius 3 is 2.52 bits per heavy atom. The Morgan fingerprint density at radius 1 is 1.29 bits per heavy atom. The van der Waals surface area contributed by atoms with Crippen LogP contribution in [0.15, 0.2) is 29.1 Å². The lowest BCUT2D eigenvalue weighted by atomic mass is 10.3. The number of carbonyl (C=O) groups excluding carboxylic acids is 1. The Bertz CT molecular complexity index is 731. The maximum absolute atomic E-state index is 12.5. The van der Waals surface area contributed by atoms with Crippen LogP contribution in [0.25, 0.3) is 11.0 Å². The van der Waals surface area contributed by atoms with E-state index in [9.17, 15) is 9.59 Å². The summed E-state index contributed by atoms with van der Waals surface area (Å²) in [6.07, 6.45) is 0.831. The van der Waals surface area contributed by atoms with E-state index in [-0.39, 0.29) is 24.2 Å². The second-order valence-corrected chi connectivity index (χ2v) is 5.49. The predicted molar refractivity (Wildman–Crippen MR) is 81.0 cm³/mol. The van der Waals surface area contributed by atoms with Gasteiger partial charge in [0.05, 0.1) is 11.0 Å². The van der Waals surface area contributed by atoms with Crippen LogP contribution in [-0.4, -0.2) is 39.1 Å². The van der Waals surface area contributed by atoms with Crippen molar-refractivity contribution in [1.82, 2.24) is 14.0 Å². The minimum Gasteiger partial charge on any atom is -0.340 e. The van der Waals surface area contributed by atoms with Crippen LogP contribution in [0, 0.1) is 0 Å². The summed E-state index contributed by atoms with van der Waals surface area (Å²) in [5, 5.41) is 0. The molecule has 3 rings (SSSR count). The van der Waals surface area contributed by atoms with E-state index in [1.54, 1.807) is 14.0 Å². The molecule has 6 nitrogen and oxygen atoms in total. The maximum Gasteiger partial charge on any atom is 0.329 e. The van der Waals surface area contributed by atoms with E-state index in [0.29, 0.717) is 19.6 Å². The van der Waals surface area contributed by atoms with Gasteiger partial charge < -0.3 is 10.6 Å². The molecule has 1 fully saturated rings. The van der Waals surface area contributed by atoms with Gasteiger partial charge in [0.1, 0.15) is 6.54 Å². The molecule has 2 N–H and O–H groups in total. The molecule has 0 bridgehead atoms. The number of imidazole rings is 1. The van der Waals surface area contributed by atoms with Crippen molar-refractivity contribution in [2.24, 2.45) is 5.73 Å². The van der Waals surface area contributed by atoms with Crippen molar-refractivity contribution < 1.29 is 4.79 Å². The number of hydrogen-bond donors (Lipinski definition) is 1. The van der Waals surface area contributed by atoms with E-state index in [1.165, 1.54) is 0 Å². The van der Waals surface area contributed by atoms with E-state index < -0.39 is 0 Å². The molecule has 0 saturated carbocycles. The number of para-hydroxylation sites is 2. The van der Waals surface area contributed by atoms with E-state index in [4.69, 9.17) is 5.73 Å². The molecule has 2 heterocycles. The highest BCUT2D eigenvalue weighted by atomic mass is 16.2. The molecule has 1 atom stereocenters. The van der Waals surface area contributed by atoms with Crippen LogP contribution >= 0.6 is 0 Å². The first-order valence-corrected chi connectivity index (χ1v) is 7.33. The summed E-state index contributed by atoms with van der Waals surface area (Å²) < 4.78 is 3.25. The Hall–Kier alpha value is -2.08. The minimum absolute atomic E-state index is 0.0379. The number of aromatic nitrogens is 2. The Morgan fingerprint density at radius 2 is 1.95 bits per heavy atom. The first-order chi connectivity index (χ1) is 10.1. The van der Waals surface area contributed by atoms with Gasteiger partial charge in [0, 0.05) is 25.7 Å². The molecule has 0 radical (unpaired) electrons. The number of nitrogens with zero attached hydrogens (tertiary/aromatic N) is 3.